The number of nitro groups is 1. The Balaban J connectivity index is 1.60. The third-order valence-electron chi connectivity index (χ3n) is 4.39. The zero-order valence-electron chi connectivity index (χ0n) is 16.1. The molecule has 3 N–H and O–H groups in total. The third kappa shape index (κ3) is 5.79. The first kappa shape index (κ1) is 22.2. The van der Waals surface area contributed by atoms with Crippen molar-refractivity contribution in [2.24, 2.45) is 0 Å². The molecule has 3 aromatic rings. The molecule has 2 unspecified atom stereocenters. The normalized spacial score (nSPS) is 12.7. The Labute approximate surface area is 181 Å². The fraction of sp³-hybridized carbons (Fsp3) is 0.200. The van der Waals surface area contributed by atoms with Crippen molar-refractivity contribution in [2.75, 3.05) is 6.61 Å². The van der Waals surface area contributed by atoms with Crippen LogP contribution in [-0.4, -0.2) is 43.5 Å². The van der Waals surface area contributed by atoms with Crippen LogP contribution in [0.3, 0.4) is 0 Å². The van der Waals surface area contributed by atoms with E-state index in [1.165, 1.54) is 35.0 Å². The maximum absolute atomic E-state index is 12.5. The summed E-state index contributed by atoms with van der Waals surface area (Å²) < 4.78 is 6.95. The van der Waals surface area contributed by atoms with Gasteiger partial charge < -0.3 is 20.3 Å². The number of ether oxygens (including phenoxy) is 1. The number of nitrogens with zero attached hydrogens (tertiary/aromatic N) is 3. The van der Waals surface area contributed by atoms with Crippen LogP contribution in [0.4, 0.5) is 5.69 Å². The summed E-state index contributed by atoms with van der Waals surface area (Å²) in [4.78, 5) is 22.6. The zero-order chi connectivity index (χ0) is 22.4. The number of aliphatic hydroxyl groups excluding tert-OH is 2. The lowest BCUT2D eigenvalue weighted by Crippen LogP contribution is -2.42. The molecule has 31 heavy (non-hydrogen) atoms. The number of benzene rings is 2. The van der Waals surface area contributed by atoms with Gasteiger partial charge in [-0.25, -0.2) is 4.68 Å². The molecule has 0 radical (unpaired) electrons. The molecule has 0 saturated heterocycles. The number of carbonyl (C=O) groups excluding carboxylic acids is 1. The molecule has 1 aromatic heterocycles. The monoisotopic (exact) mass is 446 g/mol. The van der Waals surface area contributed by atoms with Gasteiger partial charge in [0.25, 0.3) is 11.6 Å². The van der Waals surface area contributed by atoms with E-state index in [-0.39, 0.29) is 18.1 Å². The van der Waals surface area contributed by atoms with E-state index in [0.29, 0.717) is 16.3 Å². The van der Waals surface area contributed by atoms with Gasteiger partial charge in [0, 0.05) is 23.4 Å². The maximum Gasteiger partial charge on any atom is 0.272 e. The third-order valence-corrected chi connectivity index (χ3v) is 4.64. The fourth-order valence-corrected chi connectivity index (χ4v) is 2.84. The molecule has 0 saturated carbocycles. The second kappa shape index (κ2) is 10.0. The highest BCUT2D eigenvalue weighted by molar-refractivity contribution is 6.30. The Hall–Kier alpha value is -3.47. The smallest absolute Gasteiger partial charge is 0.272 e. The molecule has 3 rings (SSSR count). The van der Waals surface area contributed by atoms with Crippen molar-refractivity contribution in [2.45, 2.75) is 18.9 Å². The summed E-state index contributed by atoms with van der Waals surface area (Å²) in [7, 11) is 0. The number of aliphatic hydroxyl groups is 2. The van der Waals surface area contributed by atoms with Crippen LogP contribution in [-0.2, 0) is 6.73 Å². The molecule has 0 bridgehead atoms. The summed E-state index contributed by atoms with van der Waals surface area (Å²) in [5.41, 5.74) is 0.243. The van der Waals surface area contributed by atoms with Gasteiger partial charge in [-0.05, 0) is 48.0 Å². The number of hydrogen-bond acceptors (Lipinski definition) is 7. The second-order valence-corrected chi connectivity index (χ2v) is 6.96. The molecule has 0 spiro atoms. The van der Waals surface area contributed by atoms with Gasteiger partial charge in [0.05, 0.1) is 17.6 Å². The number of rotatable bonds is 9. The summed E-state index contributed by atoms with van der Waals surface area (Å²) in [6, 6.07) is 12.4. The van der Waals surface area contributed by atoms with E-state index in [2.05, 4.69) is 10.4 Å². The predicted octanol–water partition coefficient (Wildman–Crippen LogP) is 2.31. The highest BCUT2D eigenvalue weighted by Crippen LogP contribution is 2.21. The van der Waals surface area contributed by atoms with Crippen LogP contribution in [0.2, 0.25) is 5.02 Å². The summed E-state index contributed by atoms with van der Waals surface area (Å²) >= 11 is 5.82. The van der Waals surface area contributed by atoms with Crippen LogP contribution in [0.1, 0.15) is 22.2 Å². The first-order chi connectivity index (χ1) is 14.9. The quantitative estimate of drug-likeness (QED) is 0.338. The molecule has 2 atom stereocenters. The summed E-state index contributed by atoms with van der Waals surface area (Å²) in [5, 5.41) is 38.0. The van der Waals surface area contributed by atoms with Crippen molar-refractivity contribution in [1.82, 2.24) is 15.1 Å². The number of nitro benzene ring substituents is 1. The molecule has 11 heteroatoms. The van der Waals surface area contributed by atoms with Crippen molar-refractivity contribution < 1.29 is 24.7 Å². The average Bonchev–Trinajstić information content (AvgIpc) is 3.26. The topological polar surface area (TPSA) is 140 Å². The first-order valence-corrected chi connectivity index (χ1v) is 9.51. The van der Waals surface area contributed by atoms with Crippen LogP contribution in [0.15, 0.2) is 60.8 Å². The number of hydrogen-bond donors (Lipinski definition) is 3. The minimum absolute atomic E-state index is 0.0593. The van der Waals surface area contributed by atoms with E-state index in [9.17, 15) is 25.1 Å². The molecule has 1 heterocycles. The van der Waals surface area contributed by atoms with Crippen molar-refractivity contribution in [1.29, 1.82) is 0 Å². The maximum atomic E-state index is 12.5. The number of non-ortho nitro benzene ring substituents is 1. The average molecular weight is 447 g/mol. The lowest BCUT2D eigenvalue weighted by Gasteiger charge is -2.22. The molecule has 162 valence electrons. The lowest BCUT2D eigenvalue weighted by molar-refractivity contribution is -0.384. The highest BCUT2D eigenvalue weighted by atomic mass is 35.5. The Bertz CT molecular complexity index is 1040. The molecular weight excluding hydrogens is 428 g/mol. The van der Waals surface area contributed by atoms with Gasteiger partial charge in [-0.2, -0.15) is 5.10 Å². The molecule has 0 aliphatic heterocycles. The van der Waals surface area contributed by atoms with Crippen molar-refractivity contribution in [3.63, 3.8) is 0 Å². The van der Waals surface area contributed by atoms with E-state index >= 15 is 0 Å². The number of carbonyl (C=O) groups is 1. The number of halogens is 1. The predicted molar refractivity (Wildman–Crippen MR) is 111 cm³/mol. The van der Waals surface area contributed by atoms with Gasteiger partial charge in [0.1, 0.15) is 17.5 Å². The highest BCUT2D eigenvalue weighted by Gasteiger charge is 2.24. The molecule has 10 nitrogen and oxygen atoms in total. The number of aromatic nitrogens is 2. The number of nitrogens with one attached hydrogen (secondary N) is 1. The Kier molecular flexibility index (Phi) is 7.19. The number of amides is 1. The molecule has 0 fully saturated rings. The molecular formula is C20H19ClN4O6. The minimum atomic E-state index is -1.27. The van der Waals surface area contributed by atoms with Crippen molar-refractivity contribution in [3.05, 3.63) is 87.2 Å². The standard InChI is InChI=1S/C20H19ClN4O6/c21-14-3-7-16(8-4-14)31-12-24-10-9-17(23-24)20(28)22-18(11-26)19(27)13-1-5-15(6-2-13)25(29)30/h1-10,18-19,26-27H,11-12H2,(H,22,28). The van der Waals surface area contributed by atoms with Gasteiger partial charge in [0.15, 0.2) is 6.73 Å². The van der Waals surface area contributed by atoms with Gasteiger partial charge in [0.2, 0.25) is 0 Å². The molecule has 1 amide bonds. The molecule has 0 aliphatic rings. The fourth-order valence-electron chi connectivity index (χ4n) is 2.72. The van der Waals surface area contributed by atoms with Gasteiger partial charge >= 0.3 is 0 Å². The van der Waals surface area contributed by atoms with E-state index in [4.69, 9.17) is 16.3 Å². The van der Waals surface area contributed by atoms with Crippen molar-refractivity contribution in [3.8, 4) is 5.75 Å². The van der Waals surface area contributed by atoms with Gasteiger partial charge in [-0.15, -0.1) is 0 Å². The van der Waals surface area contributed by atoms with E-state index in [1.54, 1.807) is 30.5 Å². The van der Waals surface area contributed by atoms with Crippen LogP contribution >= 0.6 is 11.6 Å². The van der Waals surface area contributed by atoms with E-state index in [0.717, 1.165) is 0 Å². The molecule has 0 aliphatic carbocycles. The molecule has 2 aromatic carbocycles. The van der Waals surface area contributed by atoms with Crippen LogP contribution in [0.25, 0.3) is 0 Å². The zero-order valence-corrected chi connectivity index (χ0v) is 16.8. The Morgan fingerprint density at radius 2 is 1.87 bits per heavy atom. The van der Waals surface area contributed by atoms with E-state index in [1.807, 2.05) is 0 Å². The largest absolute Gasteiger partial charge is 0.471 e. The lowest BCUT2D eigenvalue weighted by atomic mass is 10.0. The van der Waals surface area contributed by atoms with Crippen LogP contribution in [0, 0.1) is 10.1 Å². The van der Waals surface area contributed by atoms with Gasteiger partial charge in [-0.1, -0.05) is 11.6 Å². The summed E-state index contributed by atoms with van der Waals surface area (Å²) in [5.74, 6) is -0.0253. The minimum Gasteiger partial charge on any atom is -0.471 e. The van der Waals surface area contributed by atoms with Crippen molar-refractivity contribution >= 4 is 23.2 Å². The first-order valence-electron chi connectivity index (χ1n) is 9.13. The van der Waals surface area contributed by atoms with Crippen LogP contribution < -0.4 is 10.1 Å². The SMILES string of the molecule is O=C(NC(CO)C(O)c1ccc([N+](=O)[O-])cc1)c1ccn(COc2ccc(Cl)cc2)n1. The van der Waals surface area contributed by atoms with E-state index < -0.39 is 29.6 Å². The van der Waals surface area contributed by atoms with Crippen LogP contribution in [0.5, 0.6) is 5.75 Å². The summed E-state index contributed by atoms with van der Waals surface area (Å²) in [6.45, 7) is -0.492. The summed E-state index contributed by atoms with van der Waals surface area (Å²) in [6.07, 6.45) is 0.274. The van der Waals surface area contributed by atoms with Gasteiger partial charge in [-0.3, -0.25) is 14.9 Å². The Morgan fingerprint density at radius 1 is 1.19 bits per heavy atom. The second-order valence-electron chi connectivity index (χ2n) is 6.52. The Morgan fingerprint density at radius 3 is 2.48 bits per heavy atom.